The Morgan fingerprint density at radius 3 is 2.44 bits per heavy atom. The number of hydrogen-bond donors (Lipinski definition) is 0. The first kappa shape index (κ1) is 15.1. The summed E-state index contributed by atoms with van der Waals surface area (Å²) in [5.74, 6) is -0.164. The van der Waals surface area contributed by atoms with Gasteiger partial charge in [0.1, 0.15) is 5.78 Å². The minimum absolute atomic E-state index is 0.0897. The second kappa shape index (κ2) is 6.83. The van der Waals surface area contributed by atoms with Gasteiger partial charge >= 0.3 is 0 Å². The maximum absolute atomic E-state index is 11.5. The molecule has 1 heterocycles. The van der Waals surface area contributed by atoms with Crippen LogP contribution < -0.4 is 0 Å². The predicted molar refractivity (Wildman–Crippen MR) is 72.0 cm³/mol. The molecule has 18 heavy (non-hydrogen) atoms. The van der Waals surface area contributed by atoms with Crippen LogP contribution in [0.2, 0.25) is 0 Å². The third kappa shape index (κ3) is 4.05. The van der Waals surface area contributed by atoms with Crippen molar-refractivity contribution < 1.29 is 14.4 Å². The van der Waals surface area contributed by atoms with Gasteiger partial charge in [-0.2, -0.15) is 0 Å². The number of halogens is 1. The van der Waals surface area contributed by atoms with Crippen LogP contribution in [0, 0.1) is 5.92 Å². The Morgan fingerprint density at radius 2 is 1.94 bits per heavy atom. The van der Waals surface area contributed by atoms with Gasteiger partial charge < -0.3 is 0 Å². The van der Waals surface area contributed by atoms with Crippen molar-refractivity contribution >= 4 is 33.5 Å². The molecular weight excluding hydrogens is 298 g/mol. The van der Waals surface area contributed by atoms with Gasteiger partial charge in [0.2, 0.25) is 0 Å². The minimum atomic E-state index is -0.266. The molecule has 0 aliphatic carbocycles. The number of nitrogens with zero attached hydrogens (tertiary/aromatic N) is 1. The molecule has 0 bridgehead atoms. The number of ketones is 1. The molecule has 0 saturated carbocycles. The van der Waals surface area contributed by atoms with E-state index < -0.39 is 0 Å². The second-order valence-corrected chi connectivity index (χ2v) is 5.57. The summed E-state index contributed by atoms with van der Waals surface area (Å²) in [6, 6.07) is 0. The van der Waals surface area contributed by atoms with Crippen LogP contribution in [0.1, 0.15) is 39.5 Å². The highest BCUT2D eigenvalue weighted by Gasteiger charge is 2.28. The average Bonchev–Trinajstić information content (AvgIpc) is 2.54. The zero-order chi connectivity index (χ0) is 13.7. The monoisotopic (exact) mass is 315 g/mol. The lowest BCUT2D eigenvalue weighted by atomic mass is 10.0. The summed E-state index contributed by atoms with van der Waals surface area (Å²) < 4.78 is 0.322. The van der Waals surface area contributed by atoms with Crippen LogP contribution in [0.4, 0.5) is 0 Å². The molecule has 0 atom stereocenters. The van der Waals surface area contributed by atoms with Crippen LogP contribution in [0.3, 0.4) is 0 Å². The quantitative estimate of drug-likeness (QED) is 0.535. The summed E-state index contributed by atoms with van der Waals surface area (Å²) in [4.78, 5) is 35.5. The van der Waals surface area contributed by atoms with Gasteiger partial charge in [0.05, 0.1) is 4.48 Å². The highest BCUT2D eigenvalue weighted by atomic mass is 79.9. The summed E-state index contributed by atoms with van der Waals surface area (Å²) in [6.45, 7) is 4.22. The van der Waals surface area contributed by atoms with Gasteiger partial charge in [-0.3, -0.25) is 19.3 Å². The van der Waals surface area contributed by atoms with Gasteiger partial charge in [-0.15, -0.1) is 0 Å². The van der Waals surface area contributed by atoms with E-state index in [2.05, 4.69) is 15.9 Å². The highest BCUT2D eigenvalue weighted by Crippen LogP contribution is 2.18. The lowest BCUT2D eigenvalue weighted by Gasteiger charge is -2.13. The van der Waals surface area contributed by atoms with E-state index in [9.17, 15) is 14.4 Å². The van der Waals surface area contributed by atoms with E-state index in [1.807, 2.05) is 13.8 Å². The van der Waals surface area contributed by atoms with E-state index in [-0.39, 0.29) is 23.5 Å². The Bertz CT molecular complexity index is 388. The van der Waals surface area contributed by atoms with E-state index in [1.165, 1.54) is 11.0 Å². The zero-order valence-electron chi connectivity index (χ0n) is 10.7. The van der Waals surface area contributed by atoms with Crippen molar-refractivity contribution in [2.75, 3.05) is 6.54 Å². The highest BCUT2D eigenvalue weighted by molar-refractivity contribution is 9.12. The number of Topliss-reactive ketones (excluding diaryl/α,β-unsaturated/α-hetero) is 1. The molecule has 0 aromatic heterocycles. The molecule has 2 amide bonds. The Labute approximate surface area is 116 Å². The first-order chi connectivity index (χ1) is 8.43. The normalized spacial score (nSPS) is 15.6. The molecule has 0 unspecified atom stereocenters. The summed E-state index contributed by atoms with van der Waals surface area (Å²) in [5, 5.41) is 0. The lowest BCUT2D eigenvalue weighted by Crippen LogP contribution is -2.31. The van der Waals surface area contributed by atoms with Gasteiger partial charge in [0.25, 0.3) is 11.8 Å². The Balaban J connectivity index is 2.18. The third-order valence-electron chi connectivity index (χ3n) is 2.91. The van der Waals surface area contributed by atoms with E-state index in [0.29, 0.717) is 17.4 Å². The Morgan fingerprint density at radius 1 is 1.28 bits per heavy atom. The van der Waals surface area contributed by atoms with Gasteiger partial charge in [0.15, 0.2) is 0 Å². The van der Waals surface area contributed by atoms with Crippen LogP contribution in [0.5, 0.6) is 0 Å². The number of carbonyl (C=O) groups excluding carboxylic acids is 3. The summed E-state index contributed by atoms with van der Waals surface area (Å²) in [6.07, 6.45) is 4.30. The second-order valence-electron chi connectivity index (χ2n) is 4.72. The predicted octanol–water partition coefficient (Wildman–Crippen LogP) is 2.42. The van der Waals surface area contributed by atoms with Crippen molar-refractivity contribution in [3.63, 3.8) is 0 Å². The average molecular weight is 316 g/mol. The largest absolute Gasteiger partial charge is 0.299 e. The SMILES string of the molecule is CC(C)C(=O)CCCCCN1C(=O)C=C(Br)C1=O. The number of rotatable bonds is 7. The summed E-state index contributed by atoms with van der Waals surface area (Å²) in [5.41, 5.74) is 0. The van der Waals surface area contributed by atoms with Crippen LogP contribution >= 0.6 is 15.9 Å². The molecule has 1 aliphatic rings. The number of carbonyl (C=O) groups is 3. The maximum Gasteiger partial charge on any atom is 0.267 e. The van der Waals surface area contributed by atoms with Gasteiger partial charge in [-0.05, 0) is 28.8 Å². The molecule has 1 aliphatic heterocycles. The van der Waals surface area contributed by atoms with Crippen molar-refractivity contribution in [3.05, 3.63) is 10.6 Å². The summed E-state index contributed by atoms with van der Waals surface area (Å²) >= 11 is 3.05. The number of hydrogen-bond acceptors (Lipinski definition) is 3. The maximum atomic E-state index is 11.5. The molecule has 0 aromatic rings. The van der Waals surface area contributed by atoms with Crippen molar-refractivity contribution in [3.8, 4) is 0 Å². The van der Waals surface area contributed by atoms with Crippen molar-refractivity contribution in [1.82, 2.24) is 4.90 Å². The molecule has 0 spiro atoms. The fourth-order valence-corrected chi connectivity index (χ4v) is 2.13. The summed E-state index contributed by atoms with van der Waals surface area (Å²) in [7, 11) is 0. The topological polar surface area (TPSA) is 54.5 Å². The zero-order valence-corrected chi connectivity index (χ0v) is 12.3. The molecule has 0 radical (unpaired) electrons. The van der Waals surface area contributed by atoms with E-state index in [4.69, 9.17) is 0 Å². The van der Waals surface area contributed by atoms with Crippen LogP contribution in [0.25, 0.3) is 0 Å². The van der Waals surface area contributed by atoms with Crippen LogP contribution in [-0.4, -0.2) is 29.0 Å². The number of imide groups is 1. The van der Waals surface area contributed by atoms with Gasteiger partial charge in [-0.1, -0.05) is 20.3 Å². The molecular formula is C13H18BrNO3. The van der Waals surface area contributed by atoms with Crippen molar-refractivity contribution in [2.24, 2.45) is 5.92 Å². The first-order valence-corrected chi connectivity index (χ1v) is 6.98. The molecule has 0 N–H and O–H groups in total. The van der Waals surface area contributed by atoms with Crippen LogP contribution in [-0.2, 0) is 14.4 Å². The number of amides is 2. The van der Waals surface area contributed by atoms with E-state index >= 15 is 0 Å². The molecule has 0 saturated heterocycles. The van der Waals surface area contributed by atoms with Crippen molar-refractivity contribution in [2.45, 2.75) is 39.5 Å². The molecule has 1 rings (SSSR count). The third-order valence-corrected chi connectivity index (χ3v) is 3.48. The first-order valence-electron chi connectivity index (χ1n) is 6.19. The van der Waals surface area contributed by atoms with Crippen molar-refractivity contribution in [1.29, 1.82) is 0 Å². The standard InChI is InChI=1S/C13H18BrNO3/c1-9(2)11(16)6-4-3-5-7-15-12(17)8-10(14)13(15)18/h8-9H,3-7H2,1-2H3. The molecule has 100 valence electrons. The Hall–Kier alpha value is -0.970. The van der Waals surface area contributed by atoms with Gasteiger partial charge in [-0.25, -0.2) is 0 Å². The van der Waals surface area contributed by atoms with E-state index in [0.717, 1.165) is 19.3 Å². The molecule has 4 nitrogen and oxygen atoms in total. The molecule has 0 aromatic carbocycles. The van der Waals surface area contributed by atoms with Gasteiger partial charge in [0, 0.05) is 25.0 Å². The fraction of sp³-hybridized carbons (Fsp3) is 0.615. The smallest absolute Gasteiger partial charge is 0.267 e. The fourth-order valence-electron chi connectivity index (χ4n) is 1.72. The lowest BCUT2D eigenvalue weighted by molar-refractivity contribution is -0.137. The number of unbranched alkanes of at least 4 members (excludes halogenated alkanes) is 2. The molecule has 0 fully saturated rings. The molecule has 5 heteroatoms. The van der Waals surface area contributed by atoms with Crippen LogP contribution in [0.15, 0.2) is 10.6 Å². The minimum Gasteiger partial charge on any atom is -0.299 e. The Kier molecular flexibility index (Phi) is 5.72. The van der Waals surface area contributed by atoms with E-state index in [1.54, 1.807) is 0 Å².